The molecule has 5 atom stereocenters. The summed E-state index contributed by atoms with van der Waals surface area (Å²) in [5.41, 5.74) is 0. The summed E-state index contributed by atoms with van der Waals surface area (Å²) < 4.78 is 44.1. The van der Waals surface area contributed by atoms with Crippen molar-refractivity contribution in [1.29, 1.82) is 0 Å². The summed E-state index contributed by atoms with van der Waals surface area (Å²) in [6, 6.07) is 0. The van der Waals surface area contributed by atoms with Crippen LogP contribution in [0.5, 0.6) is 0 Å². The molecule has 0 aromatic rings. The molecule has 0 radical (unpaired) electrons. The van der Waals surface area contributed by atoms with Gasteiger partial charge >= 0.3 is 23.5 Å². The first-order valence-electron chi connectivity index (χ1n) is 5.59. The number of aliphatic hydroxyl groups is 3. The lowest BCUT2D eigenvalue weighted by Crippen LogP contribution is -2.53. The van der Waals surface area contributed by atoms with Crippen molar-refractivity contribution in [3.63, 3.8) is 0 Å². The van der Waals surface area contributed by atoms with Crippen LogP contribution in [0.25, 0.3) is 0 Å². The third-order valence-electron chi connectivity index (χ3n) is 2.55. The molecule has 1 aliphatic rings. The van der Waals surface area contributed by atoms with Crippen molar-refractivity contribution in [3.05, 3.63) is 0 Å². The van der Waals surface area contributed by atoms with E-state index >= 15 is 0 Å². The molecule has 1 fully saturated rings. The highest BCUT2D eigenvalue weighted by Gasteiger charge is 2.51. The predicted octanol–water partition coefficient (Wildman–Crippen LogP) is -1.08. The number of phosphoric acid groups is 3. The van der Waals surface area contributed by atoms with E-state index in [1.165, 1.54) is 0 Å². The van der Waals surface area contributed by atoms with Crippen LogP contribution in [0.2, 0.25) is 0 Å². The average Bonchev–Trinajstić information content (AvgIpc) is 2.19. The predicted molar refractivity (Wildman–Crippen MR) is 65.8 cm³/mol. The molecule has 0 amide bonds. The molecule has 5 unspecified atom stereocenters. The van der Waals surface area contributed by atoms with E-state index in [0.29, 0.717) is 0 Å². The molecule has 0 heterocycles. The molecule has 0 aromatic heterocycles. The fourth-order valence-corrected chi connectivity index (χ4v) is 5.00. The van der Waals surface area contributed by atoms with Crippen molar-refractivity contribution < 1.29 is 61.7 Å². The lowest BCUT2D eigenvalue weighted by molar-refractivity contribution is -0.254. The lowest BCUT2D eigenvalue weighted by atomic mass is 9.89. The number of aliphatic hydroxyl groups excluding tert-OH is 2. The van der Waals surface area contributed by atoms with Crippen molar-refractivity contribution in [1.82, 2.24) is 0 Å². The van der Waals surface area contributed by atoms with Gasteiger partial charge in [-0.1, -0.05) is 0 Å². The zero-order valence-corrected chi connectivity index (χ0v) is 13.4. The van der Waals surface area contributed by atoms with Gasteiger partial charge in [-0.25, -0.2) is 13.7 Å². The Labute approximate surface area is 123 Å². The van der Waals surface area contributed by atoms with E-state index in [1.54, 1.807) is 0 Å². The first-order chi connectivity index (χ1) is 9.66. The molecule has 7 N–H and O–H groups in total. The van der Waals surface area contributed by atoms with Crippen LogP contribution in [0, 0.1) is 0 Å². The van der Waals surface area contributed by atoms with Crippen LogP contribution < -0.4 is 0 Å². The van der Waals surface area contributed by atoms with E-state index in [2.05, 4.69) is 13.1 Å². The number of rotatable bonds is 6. The Morgan fingerprint density at radius 1 is 0.955 bits per heavy atom. The minimum atomic E-state index is -5.72. The Kier molecular flexibility index (Phi) is 6.15. The second-order valence-corrected chi connectivity index (χ2v) is 8.78. The standard InChI is InChI=1S/C6H15O13P3/c7-4-2-1-3-6(9,5(4)8)17-21(13,14)19-22(15,16)18-20(10,11)12/h4-5,7-9H,1-3H2,(H,13,14)(H,15,16)(H2,10,11,12). The van der Waals surface area contributed by atoms with Gasteiger partial charge in [0.15, 0.2) is 0 Å². The third kappa shape index (κ3) is 6.06. The van der Waals surface area contributed by atoms with Crippen LogP contribution in [0.3, 0.4) is 0 Å². The van der Waals surface area contributed by atoms with Gasteiger partial charge in [-0.2, -0.15) is 8.62 Å². The maximum atomic E-state index is 11.5. The van der Waals surface area contributed by atoms with Crippen LogP contribution in [0.15, 0.2) is 0 Å². The van der Waals surface area contributed by atoms with E-state index < -0.39 is 47.9 Å². The molecule has 1 saturated carbocycles. The summed E-state index contributed by atoms with van der Waals surface area (Å²) in [7, 11) is -16.9. The summed E-state index contributed by atoms with van der Waals surface area (Å²) in [6.45, 7) is 0. The second-order valence-electron chi connectivity index (χ2n) is 4.43. The van der Waals surface area contributed by atoms with E-state index in [1.807, 2.05) is 0 Å². The summed E-state index contributed by atoms with van der Waals surface area (Å²) in [6.07, 6.45) is -3.81. The molecule has 16 heteroatoms. The Morgan fingerprint density at radius 3 is 2.00 bits per heavy atom. The minimum absolute atomic E-state index is 0.0588. The number of hydrogen-bond acceptors (Lipinski definition) is 9. The van der Waals surface area contributed by atoms with Crippen LogP contribution in [-0.4, -0.2) is 52.9 Å². The van der Waals surface area contributed by atoms with Crippen LogP contribution in [0.4, 0.5) is 0 Å². The molecule has 0 aliphatic heterocycles. The number of phosphoric ester groups is 1. The Hall–Kier alpha value is 0.290. The van der Waals surface area contributed by atoms with E-state index in [0.717, 1.165) is 0 Å². The average molecular weight is 388 g/mol. The van der Waals surface area contributed by atoms with Gasteiger partial charge in [0.1, 0.15) is 6.10 Å². The van der Waals surface area contributed by atoms with Crippen molar-refractivity contribution in [3.8, 4) is 0 Å². The van der Waals surface area contributed by atoms with Crippen molar-refractivity contribution in [2.75, 3.05) is 0 Å². The highest BCUT2D eigenvalue weighted by Crippen LogP contribution is 2.67. The highest BCUT2D eigenvalue weighted by molar-refractivity contribution is 7.66. The minimum Gasteiger partial charge on any atom is -0.390 e. The normalized spacial score (nSPS) is 35.6. The molecule has 1 aliphatic carbocycles. The van der Waals surface area contributed by atoms with Gasteiger partial charge in [0, 0.05) is 6.42 Å². The molecule has 13 nitrogen and oxygen atoms in total. The fourth-order valence-electron chi connectivity index (χ4n) is 1.77. The Balaban J connectivity index is 2.85. The SMILES string of the molecule is O=P(O)(O)OP(=O)(O)OP(=O)(O)OC1(O)CCCC(O)C1O. The number of hydrogen-bond donors (Lipinski definition) is 7. The first-order valence-corrected chi connectivity index (χ1v) is 10.1. The van der Waals surface area contributed by atoms with Gasteiger partial charge in [-0.05, 0) is 12.8 Å². The molecular weight excluding hydrogens is 373 g/mol. The van der Waals surface area contributed by atoms with Gasteiger partial charge in [-0.3, -0.25) is 4.52 Å². The third-order valence-corrected chi connectivity index (χ3v) is 6.42. The molecule has 132 valence electrons. The molecular formula is C6H15O13P3. The fraction of sp³-hybridized carbons (Fsp3) is 1.00. The van der Waals surface area contributed by atoms with Crippen LogP contribution in [-0.2, 0) is 26.8 Å². The maximum Gasteiger partial charge on any atom is 0.490 e. The summed E-state index contributed by atoms with van der Waals surface area (Å²) in [5.74, 6) is -2.77. The largest absolute Gasteiger partial charge is 0.490 e. The highest BCUT2D eigenvalue weighted by atomic mass is 31.3. The van der Waals surface area contributed by atoms with Gasteiger partial charge in [0.2, 0.25) is 5.79 Å². The van der Waals surface area contributed by atoms with E-state index in [9.17, 15) is 33.9 Å². The van der Waals surface area contributed by atoms with Crippen molar-refractivity contribution in [2.24, 2.45) is 0 Å². The Morgan fingerprint density at radius 2 is 1.50 bits per heavy atom. The molecule has 0 spiro atoms. The van der Waals surface area contributed by atoms with Crippen molar-refractivity contribution in [2.45, 2.75) is 37.3 Å². The summed E-state index contributed by atoms with van der Waals surface area (Å²) in [4.78, 5) is 34.9. The molecule has 22 heavy (non-hydrogen) atoms. The van der Waals surface area contributed by atoms with Crippen LogP contribution >= 0.6 is 23.5 Å². The Bertz CT molecular complexity index is 542. The monoisotopic (exact) mass is 388 g/mol. The van der Waals surface area contributed by atoms with Gasteiger partial charge in [-0.15, -0.1) is 0 Å². The lowest BCUT2D eigenvalue weighted by Gasteiger charge is -2.39. The van der Waals surface area contributed by atoms with E-state index in [-0.39, 0.29) is 12.8 Å². The molecule has 0 bridgehead atoms. The zero-order chi connectivity index (χ0) is 17.4. The van der Waals surface area contributed by atoms with Crippen molar-refractivity contribution >= 4 is 23.5 Å². The first kappa shape index (κ1) is 20.3. The molecule has 0 saturated heterocycles. The molecule has 0 aromatic carbocycles. The zero-order valence-electron chi connectivity index (χ0n) is 10.7. The summed E-state index contributed by atoms with van der Waals surface area (Å²) in [5, 5.41) is 28.8. The topological polar surface area (TPSA) is 221 Å². The maximum absolute atomic E-state index is 11.5. The quantitative estimate of drug-likeness (QED) is 0.213. The van der Waals surface area contributed by atoms with Crippen LogP contribution in [0.1, 0.15) is 19.3 Å². The second kappa shape index (κ2) is 6.66. The van der Waals surface area contributed by atoms with Gasteiger partial charge in [0.25, 0.3) is 0 Å². The summed E-state index contributed by atoms with van der Waals surface area (Å²) >= 11 is 0. The smallest absolute Gasteiger partial charge is 0.390 e. The molecule has 1 rings (SSSR count). The van der Waals surface area contributed by atoms with Gasteiger partial charge < -0.3 is 34.9 Å². The van der Waals surface area contributed by atoms with Gasteiger partial charge in [0.05, 0.1) is 6.10 Å². The van der Waals surface area contributed by atoms with E-state index in [4.69, 9.17) is 14.7 Å².